The molecule has 102 valence electrons. The number of hydrogen-bond donors (Lipinski definition) is 0. The van der Waals surface area contributed by atoms with Gasteiger partial charge in [0.25, 0.3) is 0 Å². The number of hydrogen-bond acceptors (Lipinski definition) is 3. The fourth-order valence-corrected chi connectivity index (χ4v) is 2.26. The van der Waals surface area contributed by atoms with Gasteiger partial charge in [-0.25, -0.2) is 18.7 Å². The number of ether oxygens (including phenoxy) is 1. The van der Waals surface area contributed by atoms with Crippen molar-refractivity contribution in [3.05, 3.63) is 51.9 Å². The van der Waals surface area contributed by atoms with Gasteiger partial charge in [0.05, 0.1) is 0 Å². The first-order chi connectivity index (χ1) is 9.54. The van der Waals surface area contributed by atoms with Gasteiger partial charge in [-0.05, 0) is 13.3 Å². The topological polar surface area (TPSA) is 35.0 Å². The second-order valence-electron chi connectivity index (χ2n) is 4.51. The molecule has 0 saturated carbocycles. The number of rotatable bonds is 2. The highest BCUT2D eigenvalue weighted by Gasteiger charge is 2.22. The standard InChI is InChI=1S/C14H9ClF2N2O/c1-7-2-8-9(3-7)14(17)11(4-10(8)16)20-13-5-12(15)18-6-19-13/h3-6H,2H2,1H3. The molecule has 0 bridgehead atoms. The number of allylic oxidation sites excluding steroid dienone is 1. The van der Waals surface area contributed by atoms with E-state index in [0.29, 0.717) is 12.0 Å². The number of benzene rings is 1. The predicted octanol–water partition coefficient (Wildman–Crippen LogP) is 4.16. The van der Waals surface area contributed by atoms with Crippen molar-refractivity contribution in [1.29, 1.82) is 0 Å². The summed E-state index contributed by atoms with van der Waals surface area (Å²) in [6, 6.07) is 2.35. The van der Waals surface area contributed by atoms with Gasteiger partial charge in [0.1, 0.15) is 17.3 Å². The molecule has 0 amide bonds. The Labute approximate surface area is 118 Å². The predicted molar refractivity (Wildman–Crippen MR) is 70.8 cm³/mol. The summed E-state index contributed by atoms with van der Waals surface area (Å²) < 4.78 is 33.5. The van der Waals surface area contributed by atoms with Crippen molar-refractivity contribution in [2.24, 2.45) is 0 Å². The Bertz CT molecular complexity index is 731. The number of aromatic nitrogens is 2. The van der Waals surface area contributed by atoms with Gasteiger partial charge in [0, 0.05) is 23.3 Å². The van der Waals surface area contributed by atoms with E-state index in [0.717, 1.165) is 11.6 Å². The minimum atomic E-state index is -0.604. The highest BCUT2D eigenvalue weighted by atomic mass is 35.5. The van der Waals surface area contributed by atoms with Gasteiger partial charge in [-0.15, -0.1) is 0 Å². The lowest BCUT2D eigenvalue weighted by molar-refractivity contribution is 0.420. The fraction of sp³-hybridized carbons (Fsp3) is 0.143. The van der Waals surface area contributed by atoms with Crippen LogP contribution in [-0.2, 0) is 6.42 Å². The monoisotopic (exact) mass is 294 g/mol. The van der Waals surface area contributed by atoms with E-state index in [1.165, 1.54) is 12.4 Å². The maximum atomic E-state index is 14.3. The molecule has 3 nitrogen and oxygen atoms in total. The Balaban J connectivity index is 2.03. The average molecular weight is 295 g/mol. The minimum absolute atomic E-state index is 0.0574. The van der Waals surface area contributed by atoms with Crippen LogP contribution in [0.15, 0.2) is 24.0 Å². The summed E-state index contributed by atoms with van der Waals surface area (Å²) in [5.74, 6) is -1.26. The largest absolute Gasteiger partial charge is 0.436 e. The molecular formula is C14H9ClF2N2O. The van der Waals surface area contributed by atoms with Gasteiger partial charge in [-0.2, -0.15) is 0 Å². The van der Waals surface area contributed by atoms with Crippen LogP contribution in [0.25, 0.3) is 6.08 Å². The van der Waals surface area contributed by atoms with E-state index in [9.17, 15) is 8.78 Å². The Morgan fingerprint density at radius 2 is 2.05 bits per heavy atom. The van der Waals surface area contributed by atoms with Crippen LogP contribution in [0.1, 0.15) is 18.1 Å². The number of nitrogens with zero attached hydrogens (tertiary/aromatic N) is 2. The van der Waals surface area contributed by atoms with E-state index in [2.05, 4.69) is 9.97 Å². The second-order valence-corrected chi connectivity index (χ2v) is 4.90. The Morgan fingerprint density at radius 1 is 1.25 bits per heavy atom. The van der Waals surface area contributed by atoms with E-state index in [1.807, 2.05) is 6.92 Å². The van der Waals surface area contributed by atoms with Crippen LogP contribution >= 0.6 is 11.6 Å². The first-order valence-corrected chi connectivity index (χ1v) is 6.26. The summed E-state index contributed by atoms with van der Waals surface area (Å²) in [7, 11) is 0. The Kier molecular flexibility index (Phi) is 3.14. The molecule has 1 aromatic carbocycles. The summed E-state index contributed by atoms with van der Waals surface area (Å²) >= 11 is 5.69. The molecular weight excluding hydrogens is 286 g/mol. The van der Waals surface area contributed by atoms with Crippen LogP contribution in [-0.4, -0.2) is 9.97 Å². The van der Waals surface area contributed by atoms with E-state index in [4.69, 9.17) is 16.3 Å². The highest BCUT2D eigenvalue weighted by molar-refractivity contribution is 6.29. The third-order valence-corrected chi connectivity index (χ3v) is 3.20. The SMILES string of the molecule is CC1=Cc2c(F)c(Oc3cc(Cl)ncn3)cc(F)c2C1. The average Bonchev–Trinajstić information content (AvgIpc) is 2.78. The molecule has 0 fully saturated rings. The molecule has 0 unspecified atom stereocenters. The zero-order valence-electron chi connectivity index (χ0n) is 10.5. The van der Waals surface area contributed by atoms with Crippen LogP contribution in [0.5, 0.6) is 11.6 Å². The molecule has 3 rings (SSSR count). The molecule has 0 spiro atoms. The molecule has 6 heteroatoms. The Hall–Kier alpha value is -2.01. The molecule has 0 atom stereocenters. The molecule has 0 radical (unpaired) electrons. The maximum absolute atomic E-state index is 14.3. The first-order valence-electron chi connectivity index (χ1n) is 5.88. The van der Waals surface area contributed by atoms with Crippen LogP contribution in [0.4, 0.5) is 8.78 Å². The maximum Gasteiger partial charge on any atom is 0.223 e. The van der Waals surface area contributed by atoms with Crippen molar-refractivity contribution >= 4 is 17.7 Å². The van der Waals surface area contributed by atoms with Gasteiger partial charge in [-0.1, -0.05) is 23.3 Å². The summed E-state index contributed by atoms with van der Waals surface area (Å²) in [6.45, 7) is 1.82. The van der Waals surface area contributed by atoms with Gasteiger partial charge >= 0.3 is 0 Å². The molecule has 1 aromatic heterocycles. The van der Waals surface area contributed by atoms with Crippen LogP contribution < -0.4 is 4.74 Å². The normalized spacial score (nSPS) is 13.1. The summed E-state index contributed by atoms with van der Waals surface area (Å²) in [5.41, 5.74) is 1.49. The number of fused-ring (bicyclic) bond motifs is 1. The van der Waals surface area contributed by atoms with Crippen molar-refractivity contribution in [3.63, 3.8) is 0 Å². The van der Waals surface area contributed by atoms with Crippen LogP contribution in [0.2, 0.25) is 5.15 Å². The van der Waals surface area contributed by atoms with E-state index >= 15 is 0 Å². The lowest BCUT2D eigenvalue weighted by atomic mass is 10.1. The second kappa shape index (κ2) is 4.83. The van der Waals surface area contributed by atoms with Crippen molar-refractivity contribution in [2.75, 3.05) is 0 Å². The van der Waals surface area contributed by atoms with Gasteiger partial charge < -0.3 is 4.74 Å². The first kappa shape index (κ1) is 13.0. The zero-order chi connectivity index (χ0) is 14.3. The van der Waals surface area contributed by atoms with Gasteiger partial charge in [0.15, 0.2) is 11.6 Å². The highest BCUT2D eigenvalue weighted by Crippen LogP contribution is 2.35. The molecule has 0 N–H and O–H groups in total. The Morgan fingerprint density at radius 3 is 2.80 bits per heavy atom. The molecule has 1 heterocycles. The van der Waals surface area contributed by atoms with E-state index in [1.54, 1.807) is 6.08 Å². The third kappa shape index (κ3) is 2.25. The van der Waals surface area contributed by atoms with Gasteiger partial charge in [-0.3, -0.25) is 0 Å². The molecule has 0 aliphatic heterocycles. The molecule has 0 saturated heterocycles. The van der Waals surface area contributed by atoms with Crippen molar-refractivity contribution < 1.29 is 13.5 Å². The molecule has 2 aromatic rings. The lowest BCUT2D eigenvalue weighted by Crippen LogP contribution is -1.98. The van der Waals surface area contributed by atoms with E-state index < -0.39 is 11.6 Å². The number of halogens is 3. The zero-order valence-corrected chi connectivity index (χ0v) is 11.2. The molecule has 1 aliphatic rings. The minimum Gasteiger partial charge on any atom is -0.436 e. The van der Waals surface area contributed by atoms with Crippen molar-refractivity contribution in [1.82, 2.24) is 9.97 Å². The summed E-state index contributed by atoms with van der Waals surface area (Å²) in [5, 5.41) is 0.160. The van der Waals surface area contributed by atoms with E-state index in [-0.39, 0.29) is 22.3 Å². The third-order valence-electron chi connectivity index (χ3n) is 2.99. The van der Waals surface area contributed by atoms with Gasteiger partial charge in [0.2, 0.25) is 5.88 Å². The quantitative estimate of drug-likeness (QED) is 0.780. The lowest BCUT2D eigenvalue weighted by Gasteiger charge is -2.09. The summed E-state index contributed by atoms with van der Waals surface area (Å²) in [4.78, 5) is 7.48. The fourth-order valence-electron chi connectivity index (χ4n) is 2.13. The summed E-state index contributed by atoms with van der Waals surface area (Å²) in [6.07, 6.45) is 3.22. The van der Waals surface area contributed by atoms with Crippen LogP contribution in [0, 0.1) is 11.6 Å². The smallest absolute Gasteiger partial charge is 0.223 e. The van der Waals surface area contributed by atoms with Crippen molar-refractivity contribution in [2.45, 2.75) is 13.3 Å². The molecule has 20 heavy (non-hydrogen) atoms. The molecule has 1 aliphatic carbocycles. The van der Waals surface area contributed by atoms with Crippen molar-refractivity contribution in [3.8, 4) is 11.6 Å². The van der Waals surface area contributed by atoms with Crippen LogP contribution in [0.3, 0.4) is 0 Å².